The van der Waals surface area contributed by atoms with E-state index < -0.39 is 17.7 Å². The number of hydrogen-bond donors (Lipinski definition) is 0. The maximum absolute atomic E-state index is 5.65. The Kier molecular flexibility index (Phi) is 10.4. The van der Waals surface area contributed by atoms with Gasteiger partial charge in [-0.1, -0.05) is 37.1 Å². The van der Waals surface area contributed by atoms with Crippen LogP contribution in [0.4, 0.5) is 0 Å². The van der Waals surface area contributed by atoms with Crippen LogP contribution in [0.25, 0.3) is 21.5 Å². The Hall–Kier alpha value is -0.673. The van der Waals surface area contributed by atoms with Crippen molar-refractivity contribution in [1.29, 1.82) is 0 Å². The quantitative estimate of drug-likeness (QED) is 0.158. The van der Waals surface area contributed by atoms with E-state index in [9.17, 15) is 0 Å². The number of halogens is 2. The van der Waals surface area contributed by atoms with Crippen LogP contribution >= 0.6 is 17.2 Å². The zero-order valence-electron chi connectivity index (χ0n) is 17.9. The second-order valence-electron chi connectivity index (χ2n) is 7.41. The third-order valence-corrected chi connectivity index (χ3v) is 17.9. The van der Waals surface area contributed by atoms with Crippen molar-refractivity contribution in [3.63, 3.8) is 0 Å². The summed E-state index contributed by atoms with van der Waals surface area (Å²) < 4.78 is 0. The molecule has 0 aliphatic rings. The molecule has 0 heterocycles. The Morgan fingerprint density at radius 3 is 1.55 bits per heavy atom. The van der Waals surface area contributed by atoms with E-state index in [1.807, 2.05) is 0 Å². The molecule has 0 saturated carbocycles. The van der Waals surface area contributed by atoms with Gasteiger partial charge in [-0.3, -0.25) is 0 Å². The largest absolute Gasteiger partial charge is 0.165 e. The van der Waals surface area contributed by atoms with Gasteiger partial charge in [-0.25, -0.2) is 0 Å². The Bertz CT molecular complexity index is 1010. The van der Waals surface area contributed by atoms with Crippen molar-refractivity contribution in [1.82, 2.24) is 0 Å². The number of aryl methyl sites for hydroxylation is 4. The summed E-state index contributed by atoms with van der Waals surface area (Å²) in [6.45, 7) is 10.7. The molecule has 0 aliphatic heterocycles. The van der Waals surface area contributed by atoms with Crippen molar-refractivity contribution < 1.29 is 17.7 Å². The molecule has 0 N–H and O–H groups in total. The van der Waals surface area contributed by atoms with Crippen LogP contribution in [0.15, 0.2) is 60.7 Å². The molecule has 4 heteroatoms. The summed E-state index contributed by atoms with van der Waals surface area (Å²) in [6.07, 6.45) is 2.17. The van der Waals surface area contributed by atoms with Gasteiger partial charge in [0.1, 0.15) is 0 Å². The third kappa shape index (κ3) is 7.83. The molecule has 0 aliphatic carbocycles. The third-order valence-electron chi connectivity index (χ3n) is 4.73. The standard InChI is InChI=1S/2C11H11.C3H7Si.2ClH.Hf/c2*1-8-6-10-5-3-4-9(2)11(10)7-8;1-2-3-4;;;/h2*3-7H,1-2H3;2-3H2,1H3;2*1H;/q2*-1;;;;+2/p-2. The van der Waals surface area contributed by atoms with Crippen LogP contribution in [0.2, 0.25) is 6.04 Å². The molecule has 0 aromatic heterocycles. The van der Waals surface area contributed by atoms with Crippen molar-refractivity contribution in [3.8, 4) is 0 Å². The Balaban J connectivity index is 0.000000161. The fourth-order valence-corrected chi connectivity index (χ4v) is 13.1. The SMILES string of the molecule is CCC[Si]=[Hf]([Cl])[Cl].Cc1cc2c(C)cccc2[cH-]1.Cc1cc2c(C)cccc2[cH-]1. The molecule has 0 atom stereocenters. The van der Waals surface area contributed by atoms with E-state index in [-0.39, 0.29) is 0 Å². The van der Waals surface area contributed by atoms with Crippen molar-refractivity contribution in [2.24, 2.45) is 0 Å². The molecule has 0 fully saturated rings. The average molecular weight is 607 g/mol. The van der Waals surface area contributed by atoms with Gasteiger partial charge in [0.05, 0.1) is 0 Å². The molecule has 1 radical (unpaired) electrons. The predicted molar refractivity (Wildman–Crippen MR) is 131 cm³/mol. The molecule has 0 nitrogen and oxygen atoms in total. The van der Waals surface area contributed by atoms with Gasteiger partial charge in [0.15, 0.2) is 0 Å². The first-order valence-corrected chi connectivity index (χ1v) is 25.5. The van der Waals surface area contributed by atoms with Crippen LogP contribution in [0.3, 0.4) is 0 Å². The number of hydrogen-bond acceptors (Lipinski definition) is 0. The molecule has 0 amide bonds. The van der Waals surface area contributed by atoms with Gasteiger partial charge in [0, 0.05) is 0 Å². The summed E-state index contributed by atoms with van der Waals surface area (Å²) in [6, 6.07) is 23.0. The first kappa shape index (κ1) is 24.6. The molecular weight excluding hydrogens is 578 g/mol. The molecule has 0 spiro atoms. The second-order valence-corrected chi connectivity index (χ2v) is 31.0. The first-order valence-electron chi connectivity index (χ1n) is 9.99. The minimum Gasteiger partial charge on any atom is -0.165 e. The summed E-state index contributed by atoms with van der Waals surface area (Å²) in [7, 11) is 11.3. The summed E-state index contributed by atoms with van der Waals surface area (Å²) in [5, 5.41) is 5.51. The summed E-state index contributed by atoms with van der Waals surface area (Å²) in [5.74, 6) is 0. The number of benzene rings is 2. The first-order chi connectivity index (χ1) is 13.8. The number of fused-ring (bicyclic) bond motifs is 2. The molecule has 4 aromatic carbocycles. The van der Waals surface area contributed by atoms with E-state index in [2.05, 4.69) is 95.3 Å². The van der Waals surface area contributed by atoms with Crippen LogP contribution in [0.5, 0.6) is 0 Å². The van der Waals surface area contributed by atoms with Gasteiger partial charge < -0.3 is 0 Å². The Morgan fingerprint density at radius 2 is 1.24 bits per heavy atom. The van der Waals surface area contributed by atoms with E-state index in [1.54, 1.807) is 0 Å². The van der Waals surface area contributed by atoms with Crippen molar-refractivity contribution in [3.05, 3.63) is 82.9 Å². The molecule has 4 aromatic rings. The maximum atomic E-state index is 5.65. The van der Waals surface area contributed by atoms with Gasteiger partial charge in [-0.2, -0.15) is 12.1 Å². The van der Waals surface area contributed by atoms with Gasteiger partial charge >= 0.3 is 60.5 Å². The number of rotatable bonds is 2. The molecule has 0 bridgehead atoms. The molecule has 29 heavy (non-hydrogen) atoms. The van der Waals surface area contributed by atoms with Crippen molar-refractivity contribution in [2.75, 3.05) is 0 Å². The van der Waals surface area contributed by atoms with E-state index >= 15 is 0 Å². The van der Waals surface area contributed by atoms with Gasteiger partial charge in [0.2, 0.25) is 0 Å². The molecule has 0 unspecified atom stereocenters. The van der Waals surface area contributed by atoms with E-state index in [4.69, 9.17) is 17.2 Å². The van der Waals surface area contributed by atoms with E-state index in [1.165, 1.54) is 56.3 Å². The van der Waals surface area contributed by atoms with Crippen LogP contribution in [0.1, 0.15) is 35.6 Å². The van der Waals surface area contributed by atoms with E-state index in [0.29, 0.717) is 0 Å². The Morgan fingerprint density at radius 1 is 0.793 bits per heavy atom. The summed E-state index contributed by atoms with van der Waals surface area (Å²) in [4.78, 5) is 0. The summed E-state index contributed by atoms with van der Waals surface area (Å²) in [5.41, 5.74) is 5.45. The molecule has 153 valence electrons. The van der Waals surface area contributed by atoms with E-state index in [0.717, 1.165) is 6.22 Å². The predicted octanol–water partition coefficient (Wildman–Crippen LogP) is 8.71. The fraction of sp³-hybridized carbons (Fsp3) is 0.280. The minimum absolute atomic E-state index is 0.932. The smallest absolute Gasteiger partial charge is 0.0488 e. The van der Waals surface area contributed by atoms with Crippen LogP contribution in [-0.4, -0.2) is 6.22 Å². The van der Waals surface area contributed by atoms with Crippen molar-refractivity contribution >= 4 is 44.9 Å². The zero-order valence-corrected chi connectivity index (χ0v) is 24.0. The van der Waals surface area contributed by atoms with Crippen LogP contribution in [0, 0.1) is 27.7 Å². The van der Waals surface area contributed by atoms with Gasteiger partial charge in [-0.15, -0.1) is 69.1 Å². The van der Waals surface area contributed by atoms with Gasteiger partial charge in [-0.05, 0) is 13.8 Å². The molecule has 0 saturated heterocycles. The zero-order chi connectivity index (χ0) is 21.4. The fourth-order valence-electron chi connectivity index (χ4n) is 3.30. The van der Waals surface area contributed by atoms with Crippen molar-refractivity contribution in [2.45, 2.75) is 47.1 Å². The van der Waals surface area contributed by atoms with Crippen LogP contribution < -0.4 is 0 Å². The maximum Gasteiger partial charge on any atom is -0.0488 e. The molecule has 4 rings (SSSR count). The summed E-state index contributed by atoms with van der Waals surface area (Å²) >= 11 is -1.80. The second kappa shape index (κ2) is 12.2. The van der Waals surface area contributed by atoms with Crippen LogP contribution in [-0.2, 0) is 17.7 Å². The minimum atomic E-state index is -1.80. The average Bonchev–Trinajstić information content (AvgIpc) is 3.24. The van der Waals surface area contributed by atoms with Gasteiger partial charge in [0.25, 0.3) is 0 Å². The monoisotopic (exact) mass is 607 g/mol. The molecular formula is C25H29Cl2HfSi-2. The Labute approximate surface area is 191 Å². The normalized spacial score (nSPS) is 10.2. The topological polar surface area (TPSA) is 0 Å².